The van der Waals surface area contributed by atoms with Crippen LogP contribution in [0.4, 0.5) is 5.69 Å². The summed E-state index contributed by atoms with van der Waals surface area (Å²) < 4.78 is 6.18. The number of aryl methyl sites for hydroxylation is 1. The molecule has 5 heteroatoms. The van der Waals surface area contributed by atoms with Gasteiger partial charge < -0.3 is 4.43 Å². The molecule has 0 unspecified atom stereocenters. The van der Waals surface area contributed by atoms with Crippen molar-refractivity contribution in [3.63, 3.8) is 0 Å². The van der Waals surface area contributed by atoms with Crippen molar-refractivity contribution in [1.29, 1.82) is 0 Å². The zero-order valence-electron chi connectivity index (χ0n) is 12.8. The van der Waals surface area contributed by atoms with E-state index >= 15 is 0 Å². The predicted octanol–water partition coefficient (Wildman–Crippen LogP) is 4.60. The summed E-state index contributed by atoms with van der Waals surface area (Å²) in [5.74, 6) is 0.642. The maximum atomic E-state index is 11.1. The average Bonchev–Trinajstić information content (AvgIpc) is 2.20. The zero-order valence-corrected chi connectivity index (χ0v) is 13.8. The molecule has 0 radical (unpaired) electrons. The third kappa shape index (κ3) is 3.15. The molecule has 0 atom stereocenters. The molecule has 1 aromatic rings. The van der Waals surface area contributed by atoms with Crippen LogP contribution in [0.2, 0.25) is 18.1 Å². The van der Waals surface area contributed by atoms with Gasteiger partial charge in [-0.1, -0.05) is 20.8 Å². The summed E-state index contributed by atoms with van der Waals surface area (Å²) in [7, 11) is -1.97. The molecule has 0 aliphatic carbocycles. The van der Waals surface area contributed by atoms with E-state index in [1.165, 1.54) is 0 Å². The second-order valence-electron chi connectivity index (χ2n) is 6.47. The summed E-state index contributed by atoms with van der Waals surface area (Å²) in [6.07, 6.45) is 0. The fourth-order valence-electron chi connectivity index (χ4n) is 1.64. The molecule has 0 aliphatic heterocycles. The van der Waals surface area contributed by atoms with Gasteiger partial charge in [-0.3, -0.25) is 10.1 Å². The van der Waals surface area contributed by atoms with Crippen LogP contribution in [0.15, 0.2) is 12.1 Å². The summed E-state index contributed by atoms with van der Waals surface area (Å²) in [5.41, 5.74) is 1.45. The van der Waals surface area contributed by atoms with Gasteiger partial charge in [-0.05, 0) is 44.1 Å². The van der Waals surface area contributed by atoms with Crippen molar-refractivity contribution in [2.24, 2.45) is 0 Å². The quantitative estimate of drug-likeness (QED) is 0.462. The van der Waals surface area contributed by atoms with Crippen LogP contribution < -0.4 is 4.43 Å². The van der Waals surface area contributed by atoms with Crippen molar-refractivity contribution in [2.45, 2.75) is 52.8 Å². The molecule has 0 aromatic heterocycles. The molecule has 0 fully saturated rings. The topological polar surface area (TPSA) is 52.4 Å². The molecule has 106 valence electrons. The van der Waals surface area contributed by atoms with E-state index in [-0.39, 0.29) is 15.6 Å². The number of nitro groups is 1. The van der Waals surface area contributed by atoms with Gasteiger partial charge in [-0.25, -0.2) is 0 Å². The first-order valence-corrected chi connectivity index (χ1v) is 9.32. The van der Waals surface area contributed by atoms with Crippen molar-refractivity contribution in [3.8, 4) is 5.75 Å². The number of nitrogens with zero attached hydrogens (tertiary/aromatic N) is 1. The van der Waals surface area contributed by atoms with Gasteiger partial charge in [-0.2, -0.15) is 0 Å². The minimum atomic E-state index is -1.97. The van der Waals surface area contributed by atoms with E-state index in [2.05, 4.69) is 33.9 Å². The standard InChI is InChI=1S/C14H23NO3Si/c1-10-8-9-12(11(2)13(10)15(16)17)18-19(6,7)14(3,4)5/h8-9H,1-7H3. The summed E-state index contributed by atoms with van der Waals surface area (Å²) in [6, 6.07) is 3.60. The number of hydrogen-bond acceptors (Lipinski definition) is 3. The van der Waals surface area contributed by atoms with Gasteiger partial charge >= 0.3 is 0 Å². The van der Waals surface area contributed by atoms with Gasteiger partial charge in [0.1, 0.15) is 5.75 Å². The normalized spacial score (nSPS) is 12.4. The van der Waals surface area contributed by atoms with Crippen LogP contribution in [0.1, 0.15) is 31.9 Å². The van der Waals surface area contributed by atoms with Crippen molar-refractivity contribution in [1.82, 2.24) is 0 Å². The Morgan fingerprint density at radius 2 is 1.74 bits per heavy atom. The first-order chi connectivity index (χ1) is 8.47. The summed E-state index contributed by atoms with van der Waals surface area (Å²) in [4.78, 5) is 10.8. The molecule has 19 heavy (non-hydrogen) atoms. The Labute approximate surface area is 116 Å². The van der Waals surface area contributed by atoms with E-state index in [0.717, 1.165) is 0 Å². The van der Waals surface area contributed by atoms with Crippen molar-refractivity contribution < 1.29 is 9.35 Å². The van der Waals surface area contributed by atoms with Crippen LogP contribution in [0.5, 0.6) is 5.75 Å². The second-order valence-corrected chi connectivity index (χ2v) is 11.2. The van der Waals surface area contributed by atoms with Gasteiger partial charge in [0.15, 0.2) is 0 Å². The Morgan fingerprint density at radius 3 is 2.16 bits per heavy atom. The minimum Gasteiger partial charge on any atom is -0.543 e. The molecular formula is C14H23NO3Si. The highest BCUT2D eigenvalue weighted by Crippen LogP contribution is 2.40. The van der Waals surface area contributed by atoms with Gasteiger partial charge in [0.2, 0.25) is 8.32 Å². The van der Waals surface area contributed by atoms with Crippen LogP contribution in [0, 0.1) is 24.0 Å². The van der Waals surface area contributed by atoms with E-state index in [0.29, 0.717) is 16.9 Å². The van der Waals surface area contributed by atoms with E-state index in [4.69, 9.17) is 4.43 Å². The second kappa shape index (κ2) is 4.96. The Morgan fingerprint density at radius 1 is 1.21 bits per heavy atom. The third-order valence-electron chi connectivity index (χ3n) is 3.94. The lowest BCUT2D eigenvalue weighted by Gasteiger charge is -2.36. The summed E-state index contributed by atoms with van der Waals surface area (Å²) in [6.45, 7) is 14.2. The Balaban J connectivity index is 3.25. The van der Waals surface area contributed by atoms with E-state index < -0.39 is 8.32 Å². The maximum absolute atomic E-state index is 11.1. The van der Waals surface area contributed by atoms with E-state index in [9.17, 15) is 10.1 Å². The fourth-order valence-corrected chi connectivity index (χ4v) is 2.71. The molecule has 4 nitrogen and oxygen atoms in total. The largest absolute Gasteiger partial charge is 0.543 e. The molecule has 0 spiro atoms. The van der Waals surface area contributed by atoms with Crippen LogP contribution in [0.3, 0.4) is 0 Å². The number of hydrogen-bond donors (Lipinski definition) is 0. The van der Waals surface area contributed by atoms with E-state index in [1.807, 2.05) is 6.07 Å². The number of rotatable bonds is 3. The number of nitro benzene ring substituents is 1. The molecule has 1 rings (SSSR count). The predicted molar refractivity (Wildman–Crippen MR) is 80.4 cm³/mol. The molecular weight excluding hydrogens is 258 g/mol. The van der Waals surface area contributed by atoms with Crippen LogP contribution >= 0.6 is 0 Å². The minimum absolute atomic E-state index is 0.0686. The smallest absolute Gasteiger partial charge is 0.278 e. The highest BCUT2D eigenvalue weighted by Gasteiger charge is 2.39. The van der Waals surface area contributed by atoms with Gasteiger partial charge in [-0.15, -0.1) is 0 Å². The molecule has 0 heterocycles. The van der Waals surface area contributed by atoms with Gasteiger partial charge in [0, 0.05) is 5.56 Å². The lowest BCUT2D eigenvalue weighted by atomic mass is 10.1. The highest BCUT2D eigenvalue weighted by atomic mass is 28.4. The Kier molecular flexibility index (Phi) is 4.10. The van der Waals surface area contributed by atoms with Crippen LogP contribution in [-0.2, 0) is 0 Å². The first-order valence-electron chi connectivity index (χ1n) is 6.41. The Bertz CT molecular complexity index is 504. The third-order valence-corrected chi connectivity index (χ3v) is 8.28. The van der Waals surface area contributed by atoms with Crippen molar-refractivity contribution in [2.75, 3.05) is 0 Å². The molecule has 1 aromatic carbocycles. The fraction of sp³-hybridized carbons (Fsp3) is 0.571. The monoisotopic (exact) mass is 281 g/mol. The zero-order chi connectivity index (χ0) is 15.0. The lowest BCUT2D eigenvalue weighted by molar-refractivity contribution is -0.386. The van der Waals surface area contributed by atoms with Crippen molar-refractivity contribution in [3.05, 3.63) is 33.4 Å². The molecule has 0 saturated heterocycles. The molecule has 0 N–H and O–H groups in total. The van der Waals surface area contributed by atoms with Gasteiger partial charge in [0.25, 0.3) is 5.69 Å². The highest BCUT2D eigenvalue weighted by molar-refractivity contribution is 6.74. The maximum Gasteiger partial charge on any atom is 0.278 e. The Hall–Kier alpha value is -1.36. The average molecular weight is 281 g/mol. The summed E-state index contributed by atoms with van der Waals surface area (Å²) in [5, 5.41) is 11.2. The summed E-state index contributed by atoms with van der Waals surface area (Å²) >= 11 is 0. The lowest BCUT2D eigenvalue weighted by Crippen LogP contribution is -2.44. The van der Waals surface area contributed by atoms with Crippen LogP contribution in [0.25, 0.3) is 0 Å². The van der Waals surface area contributed by atoms with E-state index in [1.54, 1.807) is 19.9 Å². The van der Waals surface area contributed by atoms with Crippen molar-refractivity contribution >= 4 is 14.0 Å². The molecule has 0 amide bonds. The van der Waals surface area contributed by atoms with Gasteiger partial charge in [0.05, 0.1) is 10.5 Å². The van der Waals surface area contributed by atoms with Crippen LogP contribution in [-0.4, -0.2) is 13.2 Å². The molecule has 0 saturated carbocycles. The SMILES string of the molecule is Cc1ccc(O[Si](C)(C)C(C)(C)C)c(C)c1[N+](=O)[O-]. The first kappa shape index (κ1) is 15.7. The molecule has 0 aliphatic rings. The molecule has 0 bridgehead atoms. The number of benzene rings is 1.